The molecule has 1 N–H and O–H groups in total. The first kappa shape index (κ1) is 13.7. The molecule has 0 bridgehead atoms. The molecule has 2 rings (SSSR count). The second kappa shape index (κ2) is 6.45. The summed E-state index contributed by atoms with van der Waals surface area (Å²) in [6.45, 7) is 4.70. The monoisotopic (exact) mass is 267 g/mol. The van der Waals surface area contributed by atoms with Crippen LogP contribution in [0.5, 0.6) is 0 Å². The molecule has 0 aliphatic carbocycles. The van der Waals surface area contributed by atoms with E-state index in [2.05, 4.69) is 4.90 Å². The Morgan fingerprint density at radius 3 is 2.67 bits per heavy atom. The summed E-state index contributed by atoms with van der Waals surface area (Å²) >= 11 is 0. The number of hydrogen-bond donors (Lipinski definition) is 1. The highest BCUT2D eigenvalue weighted by Gasteiger charge is 2.17. The predicted molar refractivity (Wildman–Crippen MR) is 75.1 cm³/mol. The lowest BCUT2D eigenvalue weighted by molar-refractivity contribution is 0.144. The van der Waals surface area contributed by atoms with Crippen LogP contribution in [0.2, 0.25) is 0 Å². The molecule has 1 aromatic carbocycles. The maximum atomic E-state index is 11.2. The Hall–Kier alpha value is -0.710. The highest BCUT2D eigenvalue weighted by molar-refractivity contribution is 7.85. The summed E-state index contributed by atoms with van der Waals surface area (Å²) in [5.74, 6) is 1.56. The number of nitrogens with zero attached hydrogens (tertiary/aromatic N) is 1. The fourth-order valence-corrected chi connectivity index (χ4v) is 3.45. The van der Waals surface area contributed by atoms with Crippen molar-refractivity contribution >= 4 is 10.8 Å². The average Bonchev–Trinajstić information content (AvgIpc) is 2.38. The molecular formula is C14H21NO2S. The van der Waals surface area contributed by atoms with Crippen LogP contribution in [0.25, 0.3) is 0 Å². The van der Waals surface area contributed by atoms with Gasteiger partial charge in [0.25, 0.3) is 0 Å². The smallest absolute Gasteiger partial charge is 0.0804 e. The van der Waals surface area contributed by atoms with Gasteiger partial charge in [0.1, 0.15) is 0 Å². The fourth-order valence-electron chi connectivity index (χ4n) is 2.32. The van der Waals surface area contributed by atoms with Gasteiger partial charge in [-0.3, -0.25) is 4.21 Å². The maximum Gasteiger partial charge on any atom is 0.0804 e. The molecule has 3 nitrogen and oxygen atoms in total. The molecule has 1 aliphatic rings. The molecule has 1 fully saturated rings. The number of aliphatic hydroxyl groups is 1. The topological polar surface area (TPSA) is 40.5 Å². The lowest BCUT2D eigenvalue weighted by Gasteiger charge is -2.27. The largest absolute Gasteiger partial charge is 0.388 e. The van der Waals surface area contributed by atoms with Gasteiger partial charge in [-0.25, -0.2) is 0 Å². The van der Waals surface area contributed by atoms with Crippen LogP contribution in [0.1, 0.15) is 23.7 Å². The average molecular weight is 267 g/mol. The molecule has 100 valence electrons. The van der Waals surface area contributed by atoms with Gasteiger partial charge in [0.15, 0.2) is 0 Å². The SMILES string of the molecule is Cc1ccccc1C(O)CCN1CCS(=O)CC1. The first-order chi connectivity index (χ1) is 8.66. The number of hydrogen-bond acceptors (Lipinski definition) is 3. The van der Waals surface area contributed by atoms with Crippen molar-refractivity contribution in [1.29, 1.82) is 0 Å². The Balaban J connectivity index is 1.83. The van der Waals surface area contributed by atoms with Crippen molar-refractivity contribution in [2.45, 2.75) is 19.4 Å². The van der Waals surface area contributed by atoms with Crippen molar-refractivity contribution in [2.24, 2.45) is 0 Å². The van der Waals surface area contributed by atoms with Crippen LogP contribution < -0.4 is 0 Å². The Kier molecular flexibility index (Phi) is 4.92. The minimum Gasteiger partial charge on any atom is -0.388 e. The summed E-state index contributed by atoms with van der Waals surface area (Å²) in [5, 5.41) is 10.2. The quantitative estimate of drug-likeness (QED) is 0.898. The molecule has 0 amide bonds. The second-order valence-corrected chi connectivity index (χ2v) is 6.55. The number of aryl methyl sites for hydroxylation is 1. The van der Waals surface area contributed by atoms with Crippen molar-refractivity contribution in [1.82, 2.24) is 4.90 Å². The maximum absolute atomic E-state index is 11.2. The molecule has 1 saturated heterocycles. The van der Waals surface area contributed by atoms with E-state index in [9.17, 15) is 9.32 Å². The Bertz CT molecular complexity index is 412. The molecule has 1 unspecified atom stereocenters. The van der Waals surface area contributed by atoms with Gasteiger partial charge in [0.05, 0.1) is 6.10 Å². The Labute approximate surface area is 111 Å². The van der Waals surface area contributed by atoms with Crippen LogP contribution >= 0.6 is 0 Å². The van der Waals surface area contributed by atoms with E-state index in [1.54, 1.807) is 0 Å². The molecule has 4 heteroatoms. The van der Waals surface area contributed by atoms with Gasteiger partial charge in [0, 0.05) is 41.9 Å². The summed E-state index contributed by atoms with van der Waals surface area (Å²) < 4.78 is 11.2. The zero-order valence-corrected chi connectivity index (χ0v) is 11.7. The van der Waals surface area contributed by atoms with Crippen LogP contribution in [0, 0.1) is 6.92 Å². The molecule has 18 heavy (non-hydrogen) atoms. The third-order valence-corrected chi connectivity index (χ3v) is 4.81. The first-order valence-corrected chi connectivity index (χ1v) is 7.96. The third kappa shape index (κ3) is 3.64. The molecule has 1 heterocycles. The highest BCUT2D eigenvalue weighted by atomic mass is 32.2. The molecule has 1 aliphatic heterocycles. The number of benzene rings is 1. The van der Waals surface area contributed by atoms with E-state index < -0.39 is 16.9 Å². The predicted octanol–water partition coefficient (Wildman–Crippen LogP) is 1.48. The standard InChI is InChI=1S/C14H21NO2S/c1-12-4-2-3-5-13(12)14(16)6-7-15-8-10-18(17)11-9-15/h2-5,14,16H,6-11H2,1H3. The van der Waals surface area contributed by atoms with Crippen molar-refractivity contribution in [3.63, 3.8) is 0 Å². The van der Waals surface area contributed by atoms with Crippen LogP contribution in [0.15, 0.2) is 24.3 Å². The van der Waals surface area contributed by atoms with Gasteiger partial charge in [-0.05, 0) is 24.5 Å². The minimum atomic E-state index is -0.619. The summed E-state index contributed by atoms with van der Waals surface area (Å²) in [5.41, 5.74) is 2.17. The molecule has 0 aromatic heterocycles. The lowest BCUT2D eigenvalue weighted by Crippen LogP contribution is -2.38. The van der Waals surface area contributed by atoms with E-state index in [-0.39, 0.29) is 0 Å². The van der Waals surface area contributed by atoms with Crippen molar-refractivity contribution in [3.8, 4) is 0 Å². The van der Waals surface area contributed by atoms with E-state index in [4.69, 9.17) is 0 Å². The van der Waals surface area contributed by atoms with Crippen LogP contribution in [0.4, 0.5) is 0 Å². The molecular weight excluding hydrogens is 246 g/mol. The van der Waals surface area contributed by atoms with Crippen LogP contribution in [-0.4, -0.2) is 45.4 Å². The van der Waals surface area contributed by atoms with Gasteiger partial charge in [0.2, 0.25) is 0 Å². The Morgan fingerprint density at radius 2 is 2.00 bits per heavy atom. The number of aliphatic hydroxyl groups excluding tert-OH is 1. The molecule has 0 radical (unpaired) electrons. The summed E-state index contributed by atoms with van der Waals surface area (Å²) in [7, 11) is -0.619. The van der Waals surface area contributed by atoms with E-state index in [0.717, 1.165) is 48.7 Å². The third-order valence-electron chi connectivity index (χ3n) is 3.54. The van der Waals surface area contributed by atoms with Gasteiger partial charge < -0.3 is 10.0 Å². The van der Waals surface area contributed by atoms with Gasteiger partial charge >= 0.3 is 0 Å². The van der Waals surface area contributed by atoms with Crippen molar-refractivity contribution < 1.29 is 9.32 Å². The second-order valence-electron chi connectivity index (χ2n) is 4.85. The zero-order valence-electron chi connectivity index (χ0n) is 10.8. The normalized spacial score (nSPS) is 19.9. The van der Waals surface area contributed by atoms with Crippen LogP contribution in [-0.2, 0) is 10.8 Å². The Morgan fingerprint density at radius 1 is 1.33 bits per heavy atom. The summed E-state index contributed by atoms with van der Waals surface area (Å²) in [6, 6.07) is 7.98. The summed E-state index contributed by atoms with van der Waals surface area (Å²) in [6.07, 6.45) is 0.357. The minimum absolute atomic E-state index is 0.390. The molecule has 0 spiro atoms. The fraction of sp³-hybridized carbons (Fsp3) is 0.571. The molecule has 1 atom stereocenters. The van der Waals surface area contributed by atoms with Crippen LogP contribution in [0.3, 0.4) is 0 Å². The van der Waals surface area contributed by atoms with Crippen molar-refractivity contribution in [3.05, 3.63) is 35.4 Å². The van der Waals surface area contributed by atoms with E-state index in [1.807, 2.05) is 31.2 Å². The first-order valence-electron chi connectivity index (χ1n) is 6.48. The highest BCUT2D eigenvalue weighted by Crippen LogP contribution is 2.20. The summed E-state index contributed by atoms with van der Waals surface area (Å²) in [4.78, 5) is 2.29. The molecule has 1 aromatic rings. The van der Waals surface area contributed by atoms with E-state index in [1.165, 1.54) is 0 Å². The zero-order chi connectivity index (χ0) is 13.0. The van der Waals surface area contributed by atoms with Crippen molar-refractivity contribution in [2.75, 3.05) is 31.1 Å². The van der Waals surface area contributed by atoms with E-state index in [0.29, 0.717) is 0 Å². The van der Waals surface area contributed by atoms with Gasteiger partial charge in [-0.1, -0.05) is 24.3 Å². The van der Waals surface area contributed by atoms with Gasteiger partial charge in [-0.15, -0.1) is 0 Å². The molecule has 0 saturated carbocycles. The number of rotatable bonds is 4. The lowest BCUT2D eigenvalue weighted by atomic mass is 10.0. The van der Waals surface area contributed by atoms with Gasteiger partial charge in [-0.2, -0.15) is 0 Å². The van der Waals surface area contributed by atoms with E-state index >= 15 is 0 Å².